The van der Waals surface area contributed by atoms with Gasteiger partial charge in [-0.3, -0.25) is 0 Å². The van der Waals surface area contributed by atoms with E-state index >= 15 is 0 Å². The Hall–Kier alpha value is -1.53. The van der Waals surface area contributed by atoms with Gasteiger partial charge in [0.2, 0.25) is 0 Å². The minimum atomic E-state index is -4.42. The number of benzene rings is 1. The molecule has 0 aliphatic carbocycles. The molecule has 0 aliphatic rings. The minimum absolute atomic E-state index is 0.0153. The van der Waals surface area contributed by atoms with Crippen LogP contribution in [-0.2, 0) is 12.6 Å². The Kier molecular flexibility index (Phi) is 4.06. The summed E-state index contributed by atoms with van der Waals surface area (Å²) in [6.07, 6.45) is -2.09. The maximum absolute atomic E-state index is 12.5. The van der Waals surface area contributed by atoms with Crippen molar-refractivity contribution in [2.45, 2.75) is 25.6 Å². The van der Waals surface area contributed by atoms with E-state index in [-0.39, 0.29) is 6.04 Å². The number of halogens is 4. The maximum atomic E-state index is 12.5. The van der Waals surface area contributed by atoms with Crippen LogP contribution in [0.1, 0.15) is 18.1 Å². The highest BCUT2D eigenvalue weighted by atomic mass is 35.5. The summed E-state index contributed by atoms with van der Waals surface area (Å²) < 4.78 is 38.7. The van der Waals surface area contributed by atoms with E-state index in [9.17, 15) is 13.2 Å². The van der Waals surface area contributed by atoms with Crippen LogP contribution in [0.5, 0.6) is 0 Å². The smallest absolute Gasteiger partial charge is 0.328 e. The lowest BCUT2D eigenvalue weighted by Gasteiger charge is -2.09. The molecule has 2 N–H and O–H groups in total. The van der Waals surface area contributed by atoms with Crippen molar-refractivity contribution >= 4 is 11.6 Å². The van der Waals surface area contributed by atoms with Gasteiger partial charge in [0.05, 0.1) is 22.5 Å². The molecule has 20 heavy (non-hydrogen) atoms. The van der Waals surface area contributed by atoms with Crippen molar-refractivity contribution in [3.05, 3.63) is 46.7 Å². The predicted molar refractivity (Wildman–Crippen MR) is 70.9 cm³/mol. The van der Waals surface area contributed by atoms with Crippen molar-refractivity contribution in [2.75, 3.05) is 0 Å². The molecule has 1 aromatic carbocycles. The van der Waals surface area contributed by atoms with Gasteiger partial charge >= 0.3 is 6.18 Å². The molecule has 1 aromatic heterocycles. The summed E-state index contributed by atoms with van der Waals surface area (Å²) in [4.78, 5) is 0. The molecule has 2 rings (SSSR count). The van der Waals surface area contributed by atoms with Crippen molar-refractivity contribution in [3.63, 3.8) is 0 Å². The molecule has 0 amide bonds. The van der Waals surface area contributed by atoms with Crippen LogP contribution in [0.2, 0.25) is 5.02 Å². The van der Waals surface area contributed by atoms with Crippen molar-refractivity contribution in [3.8, 4) is 5.69 Å². The summed E-state index contributed by atoms with van der Waals surface area (Å²) in [5.41, 5.74) is 6.20. The van der Waals surface area contributed by atoms with E-state index in [1.54, 1.807) is 18.2 Å². The number of nitrogens with zero attached hydrogens (tertiary/aromatic N) is 2. The van der Waals surface area contributed by atoms with E-state index in [4.69, 9.17) is 17.3 Å². The monoisotopic (exact) mass is 303 g/mol. The highest BCUT2D eigenvalue weighted by molar-refractivity contribution is 6.32. The lowest BCUT2D eigenvalue weighted by atomic mass is 10.1. The fraction of sp³-hybridized carbons (Fsp3) is 0.308. The first-order valence-electron chi connectivity index (χ1n) is 5.93. The van der Waals surface area contributed by atoms with Crippen LogP contribution >= 0.6 is 11.6 Å². The van der Waals surface area contributed by atoms with Crippen molar-refractivity contribution in [2.24, 2.45) is 5.73 Å². The van der Waals surface area contributed by atoms with Crippen LogP contribution in [-0.4, -0.2) is 15.8 Å². The molecule has 1 unspecified atom stereocenters. The predicted octanol–water partition coefficient (Wildman–Crippen LogP) is 3.43. The molecule has 0 aliphatic heterocycles. The van der Waals surface area contributed by atoms with Crippen LogP contribution in [0.3, 0.4) is 0 Å². The van der Waals surface area contributed by atoms with Gasteiger partial charge in [-0.25, -0.2) is 4.68 Å². The Balaban J connectivity index is 2.31. The lowest BCUT2D eigenvalue weighted by molar-refractivity contribution is -0.137. The molecular formula is C13H13ClF3N3. The zero-order valence-electron chi connectivity index (χ0n) is 10.7. The second-order valence-electron chi connectivity index (χ2n) is 4.64. The largest absolute Gasteiger partial charge is 0.419 e. The molecule has 1 atom stereocenters. The second kappa shape index (κ2) is 5.46. The Labute approximate surface area is 119 Å². The molecule has 0 fully saturated rings. The summed E-state index contributed by atoms with van der Waals surface area (Å²) in [7, 11) is 0. The van der Waals surface area contributed by atoms with Crippen LogP contribution < -0.4 is 5.73 Å². The van der Waals surface area contributed by atoms with Crippen LogP contribution in [0, 0.1) is 0 Å². The van der Waals surface area contributed by atoms with E-state index in [1.807, 2.05) is 6.92 Å². The average Bonchev–Trinajstić information content (AvgIpc) is 2.77. The first kappa shape index (κ1) is 14.9. The SMILES string of the molecule is CC(N)Cc1ccc(-n2cc(C(F)(F)F)cn2)c(Cl)c1. The molecule has 2 aromatic rings. The number of nitrogens with two attached hydrogens (primary N) is 1. The van der Waals surface area contributed by atoms with E-state index in [0.29, 0.717) is 17.1 Å². The lowest BCUT2D eigenvalue weighted by Crippen LogP contribution is -2.17. The van der Waals surface area contributed by atoms with Gasteiger partial charge in [0.1, 0.15) is 0 Å². The molecule has 7 heteroatoms. The zero-order chi connectivity index (χ0) is 14.9. The first-order chi connectivity index (χ1) is 9.27. The summed E-state index contributed by atoms with van der Waals surface area (Å²) in [6.45, 7) is 1.87. The molecule has 0 spiro atoms. The molecular weight excluding hydrogens is 291 g/mol. The first-order valence-corrected chi connectivity index (χ1v) is 6.31. The number of hydrogen-bond acceptors (Lipinski definition) is 2. The van der Waals surface area contributed by atoms with E-state index < -0.39 is 11.7 Å². The Morgan fingerprint density at radius 2 is 2.10 bits per heavy atom. The normalized spacial score (nSPS) is 13.5. The molecule has 0 saturated carbocycles. The Morgan fingerprint density at radius 1 is 1.40 bits per heavy atom. The molecule has 0 saturated heterocycles. The maximum Gasteiger partial charge on any atom is 0.419 e. The fourth-order valence-corrected chi connectivity index (χ4v) is 2.13. The minimum Gasteiger partial charge on any atom is -0.328 e. The van der Waals surface area contributed by atoms with E-state index in [1.165, 1.54) is 0 Å². The molecule has 108 valence electrons. The highest BCUT2D eigenvalue weighted by Gasteiger charge is 2.32. The summed E-state index contributed by atoms with van der Waals surface area (Å²) in [5, 5.41) is 4.03. The third kappa shape index (κ3) is 3.32. The van der Waals surface area contributed by atoms with Crippen molar-refractivity contribution in [1.82, 2.24) is 9.78 Å². The molecule has 1 heterocycles. The standard InChI is InChI=1S/C13H13ClF3N3/c1-8(18)4-9-2-3-12(11(14)5-9)20-7-10(6-19-20)13(15,16)17/h2-3,5-8H,4,18H2,1H3. The number of hydrogen-bond donors (Lipinski definition) is 1. The summed E-state index contributed by atoms with van der Waals surface area (Å²) >= 11 is 6.09. The third-order valence-electron chi connectivity index (χ3n) is 2.73. The Bertz CT molecular complexity index is 605. The summed E-state index contributed by atoms with van der Waals surface area (Å²) in [6, 6.07) is 5.08. The second-order valence-corrected chi connectivity index (χ2v) is 5.05. The zero-order valence-corrected chi connectivity index (χ0v) is 11.4. The van der Waals surface area contributed by atoms with Gasteiger partial charge in [0.25, 0.3) is 0 Å². The fourth-order valence-electron chi connectivity index (χ4n) is 1.84. The summed E-state index contributed by atoms with van der Waals surface area (Å²) in [5.74, 6) is 0. The van der Waals surface area contributed by atoms with Crippen molar-refractivity contribution in [1.29, 1.82) is 0 Å². The number of alkyl halides is 3. The van der Waals surface area contributed by atoms with E-state index in [0.717, 1.165) is 22.6 Å². The van der Waals surface area contributed by atoms with Crippen LogP contribution in [0.15, 0.2) is 30.6 Å². The third-order valence-corrected chi connectivity index (χ3v) is 3.03. The number of aromatic nitrogens is 2. The topological polar surface area (TPSA) is 43.8 Å². The van der Waals surface area contributed by atoms with E-state index in [2.05, 4.69) is 5.10 Å². The van der Waals surface area contributed by atoms with Crippen LogP contribution in [0.25, 0.3) is 5.69 Å². The highest BCUT2D eigenvalue weighted by Crippen LogP contribution is 2.30. The van der Waals surface area contributed by atoms with Gasteiger partial charge in [0.15, 0.2) is 0 Å². The van der Waals surface area contributed by atoms with Gasteiger partial charge < -0.3 is 5.73 Å². The van der Waals surface area contributed by atoms with Gasteiger partial charge in [0, 0.05) is 12.2 Å². The Morgan fingerprint density at radius 3 is 2.60 bits per heavy atom. The van der Waals surface area contributed by atoms with Gasteiger partial charge in [-0.1, -0.05) is 17.7 Å². The number of rotatable bonds is 3. The molecule has 0 bridgehead atoms. The molecule has 0 radical (unpaired) electrons. The van der Waals surface area contributed by atoms with Gasteiger partial charge in [-0.05, 0) is 31.0 Å². The molecule has 3 nitrogen and oxygen atoms in total. The van der Waals surface area contributed by atoms with Crippen LogP contribution in [0.4, 0.5) is 13.2 Å². The average molecular weight is 304 g/mol. The van der Waals surface area contributed by atoms with Gasteiger partial charge in [-0.15, -0.1) is 0 Å². The van der Waals surface area contributed by atoms with Gasteiger partial charge in [-0.2, -0.15) is 18.3 Å². The quantitative estimate of drug-likeness (QED) is 0.944. The van der Waals surface area contributed by atoms with Crippen molar-refractivity contribution < 1.29 is 13.2 Å².